The molecule has 5 rings (SSSR count). The Kier molecular flexibility index (Phi) is 7.91. The van der Waals surface area contributed by atoms with Gasteiger partial charge in [0.2, 0.25) is 0 Å². The molecule has 0 aromatic heterocycles. The van der Waals surface area contributed by atoms with Crippen molar-refractivity contribution in [2.75, 3.05) is 13.2 Å². The molecule has 1 spiro atoms. The van der Waals surface area contributed by atoms with E-state index in [-0.39, 0.29) is 12.3 Å². The summed E-state index contributed by atoms with van der Waals surface area (Å²) in [6, 6.07) is 19.9. The molecule has 1 unspecified atom stereocenters. The Labute approximate surface area is 229 Å². The van der Waals surface area contributed by atoms with E-state index in [0.29, 0.717) is 17.8 Å². The van der Waals surface area contributed by atoms with Crippen LogP contribution >= 0.6 is 0 Å². The summed E-state index contributed by atoms with van der Waals surface area (Å²) >= 11 is 0. The maximum atomic E-state index is 13.1. The van der Waals surface area contributed by atoms with Crippen molar-refractivity contribution in [2.45, 2.75) is 62.8 Å². The van der Waals surface area contributed by atoms with E-state index in [1.807, 2.05) is 54.6 Å². The van der Waals surface area contributed by atoms with Crippen molar-refractivity contribution in [1.82, 2.24) is 5.01 Å². The zero-order valence-corrected chi connectivity index (χ0v) is 22.0. The molecule has 2 aromatic carbocycles. The number of aliphatic hydroxyl groups is 1. The summed E-state index contributed by atoms with van der Waals surface area (Å²) in [5.74, 6) is -0.443. The first-order chi connectivity index (χ1) is 19.2. The summed E-state index contributed by atoms with van der Waals surface area (Å²) < 4.78 is 5.60. The molecule has 0 radical (unpaired) electrons. The fourth-order valence-electron chi connectivity index (χ4n) is 6.18. The van der Waals surface area contributed by atoms with Crippen molar-refractivity contribution in [2.24, 2.45) is 5.10 Å². The van der Waals surface area contributed by atoms with E-state index >= 15 is 0 Å². The van der Waals surface area contributed by atoms with Crippen molar-refractivity contribution in [3.05, 3.63) is 82.6 Å². The molecule has 2 aromatic rings. The minimum atomic E-state index is -0.951. The number of unbranched alkanes of at least 4 members (excludes halogenated alkanes) is 7. The lowest BCUT2D eigenvalue weighted by molar-refractivity contribution is -0.138. The van der Waals surface area contributed by atoms with E-state index in [0.717, 1.165) is 67.2 Å². The molecule has 0 saturated carbocycles. The highest BCUT2D eigenvalue weighted by molar-refractivity contribution is 6.10. The van der Waals surface area contributed by atoms with Gasteiger partial charge in [-0.15, -0.1) is 0 Å². The number of carbonyl (C=O) groups is 1. The Morgan fingerprint density at radius 1 is 0.897 bits per heavy atom. The van der Waals surface area contributed by atoms with Crippen LogP contribution in [0.5, 0.6) is 0 Å². The molecule has 198 valence electrons. The smallest absolute Gasteiger partial charge is 0.339 e. The lowest BCUT2D eigenvalue weighted by Gasteiger charge is -2.36. The summed E-state index contributed by atoms with van der Waals surface area (Å²) in [6.07, 6.45) is 11.5. The van der Waals surface area contributed by atoms with Gasteiger partial charge in [-0.05, 0) is 41.2 Å². The average Bonchev–Trinajstić information content (AvgIpc) is 3.44. The minimum Gasteiger partial charge on any atom is -0.462 e. The number of ether oxygens (including phenoxy) is 1. The Bertz CT molecular complexity index is 1380. The summed E-state index contributed by atoms with van der Waals surface area (Å²) in [6.45, 7) is 0.604. The number of allylic oxidation sites excluding steroid dienone is 1. The minimum absolute atomic E-state index is 0.199. The largest absolute Gasteiger partial charge is 0.462 e. The molecular weight excluding hydrogens is 488 g/mol. The van der Waals surface area contributed by atoms with Gasteiger partial charge < -0.3 is 9.84 Å². The molecular formula is C32H32N4O3. The van der Waals surface area contributed by atoms with E-state index in [4.69, 9.17) is 9.84 Å². The van der Waals surface area contributed by atoms with Crippen LogP contribution in [0.25, 0.3) is 11.1 Å². The molecule has 39 heavy (non-hydrogen) atoms. The molecule has 0 amide bonds. The van der Waals surface area contributed by atoms with E-state index < -0.39 is 17.4 Å². The van der Waals surface area contributed by atoms with Crippen LogP contribution in [-0.4, -0.2) is 41.6 Å². The number of rotatable bonds is 11. The van der Waals surface area contributed by atoms with Gasteiger partial charge in [0.1, 0.15) is 6.07 Å². The fourth-order valence-corrected chi connectivity index (χ4v) is 6.18. The predicted molar refractivity (Wildman–Crippen MR) is 148 cm³/mol. The second-order valence-electron chi connectivity index (χ2n) is 10.2. The highest BCUT2D eigenvalue weighted by Crippen LogP contribution is 2.60. The van der Waals surface area contributed by atoms with E-state index in [1.54, 1.807) is 5.01 Å². The molecule has 0 fully saturated rings. The predicted octanol–water partition coefficient (Wildman–Crippen LogP) is 5.52. The molecule has 3 aliphatic rings. The standard InChI is InChI=1S/C32H32N4O3/c33-20-28-29(21-34)36-30(32(28)26-15-9-7-13-24(26)25-14-8-10-16-27(25)32)19-23(22-35-36)31(38)39-18-12-6-4-2-1-3-5-11-17-37/h7-10,13-16,19,22,30,37H,1-6,11-12,17-18H2. The van der Waals surface area contributed by atoms with Crippen LogP contribution in [-0.2, 0) is 14.9 Å². The van der Waals surface area contributed by atoms with Gasteiger partial charge in [-0.2, -0.15) is 15.6 Å². The normalized spacial score (nSPS) is 17.8. The van der Waals surface area contributed by atoms with Crippen LogP contribution in [0, 0.1) is 22.7 Å². The van der Waals surface area contributed by atoms with Gasteiger partial charge in [0.05, 0.1) is 41.5 Å². The lowest BCUT2D eigenvalue weighted by Crippen LogP contribution is -2.43. The van der Waals surface area contributed by atoms with E-state index in [2.05, 4.69) is 17.2 Å². The third kappa shape index (κ3) is 4.54. The lowest BCUT2D eigenvalue weighted by atomic mass is 9.68. The summed E-state index contributed by atoms with van der Waals surface area (Å²) in [5.41, 5.74) is 3.81. The van der Waals surface area contributed by atoms with Crippen LogP contribution in [0.2, 0.25) is 0 Å². The zero-order valence-electron chi connectivity index (χ0n) is 22.0. The van der Waals surface area contributed by atoms with Gasteiger partial charge in [0, 0.05) is 6.61 Å². The topological polar surface area (TPSA) is 110 Å². The van der Waals surface area contributed by atoms with Crippen molar-refractivity contribution >= 4 is 12.2 Å². The quantitative estimate of drug-likeness (QED) is 0.309. The molecule has 7 nitrogen and oxygen atoms in total. The third-order valence-corrected chi connectivity index (χ3v) is 7.96. The van der Waals surface area contributed by atoms with Gasteiger partial charge in [-0.3, -0.25) is 0 Å². The van der Waals surface area contributed by atoms with Gasteiger partial charge in [0.15, 0.2) is 5.70 Å². The number of hydrogen-bond donors (Lipinski definition) is 1. The number of carbonyl (C=O) groups excluding carboxylic acids is 1. The second kappa shape index (κ2) is 11.7. The number of esters is 1. The SMILES string of the molecule is N#CC1=C(C#N)C2(c3ccccc3-c3ccccc32)C2C=C(C(=O)OCCCCCCCCCCO)C=NN12. The Morgan fingerprint density at radius 3 is 2.08 bits per heavy atom. The molecule has 0 bridgehead atoms. The average molecular weight is 521 g/mol. The summed E-state index contributed by atoms with van der Waals surface area (Å²) in [5, 5.41) is 35.4. The van der Waals surface area contributed by atoms with Crippen molar-refractivity contribution in [3.63, 3.8) is 0 Å². The maximum absolute atomic E-state index is 13.1. The van der Waals surface area contributed by atoms with Gasteiger partial charge in [-0.1, -0.05) is 87.1 Å². The first-order valence-electron chi connectivity index (χ1n) is 13.8. The fraction of sp³-hybridized carbons (Fsp3) is 0.375. The van der Waals surface area contributed by atoms with Crippen molar-refractivity contribution < 1.29 is 14.6 Å². The number of aliphatic hydroxyl groups excluding tert-OH is 1. The zero-order chi connectivity index (χ0) is 27.2. The highest BCUT2D eigenvalue weighted by atomic mass is 16.5. The van der Waals surface area contributed by atoms with E-state index in [9.17, 15) is 15.3 Å². The second-order valence-corrected chi connectivity index (χ2v) is 10.2. The molecule has 0 saturated heterocycles. The first kappa shape index (κ1) is 26.4. The van der Waals surface area contributed by atoms with Crippen LogP contribution in [0.1, 0.15) is 62.5 Å². The Hall–Kier alpha value is -4.20. The number of nitriles is 2. The number of fused-ring (bicyclic) bond motifs is 7. The molecule has 7 heteroatoms. The molecule has 1 N–H and O–H groups in total. The molecule has 2 heterocycles. The summed E-state index contributed by atoms with van der Waals surface area (Å²) in [7, 11) is 0. The number of nitrogens with zero attached hydrogens (tertiary/aromatic N) is 4. The van der Waals surface area contributed by atoms with Gasteiger partial charge >= 0.3 is 5.97 Å². The molecule has 1 atom stereocenters. The van der Waals surface area contributed by atoms with Crippen molar-refractivity contribution in [3.8, 4) is 23.3 Å². The van der Waals surface area contributed by atoms with Crippen LogP contribution in [0.4, 0.5) is 0 Å². The molecule has 1 aliphatic carbocycles. The highest BCUT2D eigenvalue weighted by Gasteiger charge is 2.60. The maximum Gasteiger partial charge on any atom is 0.339 e. The van der Waals surface area contributed by atoms with Crippen LogP contribution < -0.4 is 0 Å². The number of hydrogen-bond acceptors (Lipinski definition) is 7. The Balaban J connectivity index is 1.34. The van der Waals surface area contributed by atoms with Crippen molar-refractivity contribution in [1.29, 1.82) is 10.5 Å². The van der Waals surface area contributed by atoms with Crippen LogP contribution in [0.15, 0.2) is 76.6 Å². The molecule has 2 aliphatic heterocycles. The third-order valence-electron chi connectivity index (χ3n) is 7.96. The monoisotopic (exact) mass is 520 g/mol. The first-order valence-corrected chi connectivity index (χ1v) is 13.8. The Morgan fingerprint density at radius 2 is 1.49 bits per heavy atom. The van der Waals surface area contributed by atoms with E-state index in [1.165, 1.54) is 12.6 Å². The summed E-state index contributed by atoms with van der Waals surface area (Å²) in [4.78, 5) is 13.1. The van der Waals surface area contributed by atoms with Crippen LogP contribution in [0.3, 0.4) is 0 Å². The number of hydrazone groups is 1. The van der Waals surface area contributed by atoms with Gasteiger partial charge in [-0.25, -0.2) is 9.80 Å². The van der Waals surface area contributed by atoms with Gasteiger partial charge in [0.25, 0.3) is 0 Å². The number of benzene rings is 2.